The molecule has 14 heavy (non-hydrogen) atoms. The Balaban J connectivity index is 2.52. The van der Waals surface area contributed by atoms with E-state index in [-0.39, 0.29) is 0 Å². The molecule has 0 fully saturated rings. The number of halogens is 2. The van der Waals surface area contributed by atoms with Crippen LogP contribution in [0.3, 0.4) is 0 Å². The summed E-state index contributed by atoms with van der Waals surface area (Å²) in [6.45, 7) is 0. The van der Waals surface area contributed by atoms with Gasteiger partial charge in [-0.15, -0.1) is 0 Å². The molecule has 1 aromatic heterocycles. The summed E-state index contributed by atoms with van der Waals surface area (Å²) in [4.78, 5) is 0. The van der Waals surface area contributed by atoms with Crippen molar-refractivity contribution in [2.75, 3.05) is 0 Å². The Morgan fingerprint density at radius 2 is 1.71 bits per heavy atom. The highest BCUT2D eigenvalue weighted by Gasteiger charge is 2.03. The van der Waals surface area contributed by atoms with Gasteiger partial charge in [0.2, 0.25) is 0 Å². The summed E-state index contributed by atoms with van der Waals surface area (Å²) in [5, 5.41) is 7.37. The van der Waals surface area contributed by atoms with Gasteiger partial charge in [-0.25, -0.2) is 8.78 Å². The van der Waals surface area contributed by atoms with Crippen LogP contribution < -0.4 is 0 Å². The van der Waals surface area contributed by atoms with Crippen molar-refractivity contribution in [2.24, 2.45) is 0 Å². The number of hydrogen-bond donors (Lipinski definition) is 0. The van der Waals surface area contributed by atoms with E-state index >= 15 is 0 Å². The minimum atomic E-state index is -0.620. The zero-order chi connectivity index (χ0) is 9.97. The van der Waals surface area contributed by atoms with E-state index in [2.05, 4.69) is 10.2 Å². The van der Waals surface area contributed by atoms with E-state index in [1.54, 1.807) is 12.1 Å². The average Bonchev–Trinajstić information content (AvgIpc) is 2.18. The lowest BCUT2D eigenvalue weighted by Crippen LogP contribution is -1.88. The fourth-order valence-corrected chi connectivity index (χ4v) is 1.16. The maximum Gasteiger partial charge on any atom is 0.126 e. The summed E-state index contributed by atoms with van der Waals surface area (Å²) < 4.78 is 25.7. The molecule has 4 heteroatoms. The van der Waals surface area contributed by atoms with Crippen LogP contribution in [0.1, 0.15) is 0 Å². The van der Waals surface area contributed by atoms with Gasteiger partial charge >= 0.3 is 0 Å². The first-order chi connectivity index (χ1) is 6.75. The topological polar surface area (TPSA) is 25.8 Å². The number of benzene rings is 1. The monoisotopic (exact) mass is 192 g/mol. The first kappa shape index (κ1) is 8.74. The van der Waals surface area contributed by atoms with Crippen molar-refractivity contribution in [3.8, 4) is 11.3 Å². The third kappa shape index (κ3) is 1.74. The maximum absolute atomic E-state index is 12.8. The molecule has 0 bridgehead atoms. The molecule has 1 heterocycles. The molecule has 0 spiro atoms. The van der Waals surface area contributed by atoms with Gasteiger partial charge in [0.25, 0.3) is 0 Å². The minimum absolute atomic E-state index is 0.385. The third-order valence-corrected chi connectivity index (χ3v) is 1.73. The zero-order valence-corrected chi connectivity index (χ0v) is 7.11. The number of hydrogen-bond acceptors (Lipinski definition) is 2. The Labute approximate surface area is 79.2 Å². The molecule has 0 N–H and O–H groups in total. The molecular weight excluding hydrogens is 186 g/mol. The molecule has 0 aliphatic heterocycles. The van der Waals surface area contributed by atoms with Crippen LogP contribution >= 0.6 is 0 Å². The van der Waals surface area contributed by atoms with Gasteiger partial charge in [0, 0.05) is 17.8 Å². The van der Waals surface area contributed by atoms with Crippen molar-refractivity contribution in [1.82, 2.24) is 10.2 Å². The summed E-state index contributed by atoms with van der Waals surface area (Å²) in [6.07, 6.45) is 1.50. The van der Waals surface area contributed by atoms with E-state index < -0.39 is 11.6 Å². The largest absolute Gasteiger partial charge is 0.207 e. The number of aromatic nitrogens is 2. The van der Waals surface area contributed by atoms with E-state index in [9.17, 15) is 8.78 Å². The van der Waals surface area contributed by atoms with Crippen LogP contribution in [0.25, 0.3) is 11.3 Å². The summed E-state index contributed by atoms with van der Waals surface area (Å²) in [5.74, 6) is -1.24. The van der Waals surface area contributed by atoms with Crippen molar-refractivity contribution in [2.45, 2.75) is 0 Å². The molecule has 0 saturated carbocycles. The van der Waals surface area contributed by atoms with Gasteiger partial charge in [0.05, 0.1) is 5.69 Å². The van der Waals surface area contributed by atoms with Gasteiger partial charge in [-0.05, 0) is 24.3 Å². The Kier molecular flexibility index (Phi) is 2.18. The highest BCUT2D eigenvalue weighted by atomic mass is 19.1. The molecule has 70 valence electrons. The fourth-order valence-electron chi connectivity index (χ4n) is 1.16. The molecule has 2 rings (SSSR count). The lowest BCUT2D eigenvalue weighted by molar-refractivity contribution is 0.584. The fraction of sp³-hybridized carbons (Fsp3) is 0. The van der Waals surface area contributed by atoms with E-state index in [0.29, 0.717) is 11.3 Å². The highest BCUT2D eigenvalue weighted by Crippen LogP contribution is 2.18. The van der Waals surface area contributed by atoms with Crippen LogP contribution in [-0.4, -0.2) is 10.2 Å². The predicted molar refractivity (Wildman–Crippen MR) is 47.4 cm³/mol. The van der Waals surface area contributed by atoms with Gasteiger partial charge in [0.1, 0.15) is 11.6 Å². The second-order valence-corrected chi connectivity index (χ2v) is 2.77. The lowest BCUT2D eigenvalue weighted by atomic mass is 10.1. The second kappa shape index (κ2) is 3.49. The quantitative estimate of drug-likeness (QED) is 0.693. The Morgan fingerprint density at radius 3 is 2.29 bits per heavy atom. The predicted octanol–water partition coefficient (Wildman–Crippen LogP) is 2.42. The van der Waals surface area contributed by atoms with Crippen LogP contribution in [0.4, 0.5) is 8.78 Å². The molecule has 1 aromatic carbocycles. The minimum Gasteiger partial charge on any atom is -0.207 e. The summed E-state index contributed by atoms with van der Waals surface area (Å²) in [7, 11) is 0. The number of rotatable bonds is 1. The van der Waals surface area contributed by atoms with Gasteiger partial charge in [-0.2, -0.15) is 10.2 Å². The van der Waals surface area contributed by atoms with E-state index in [1.807, 2.05) is 0 Å². The smallest absolute Gasteiger partial charge is 0.126 e. The van der Waals surface area contributed by atoms with Crippen molar-refractivity contribution in [3.63, 3.8) is 0 Å². The molecule has 0 aliphatic rings. The van der Waals surface area contributed by atoms with Crippen LogP contribution in [0.5, 0.6) is 0 Å². The Morgan fingerprint density at radius 1 is 1.00 bits per heavy atom. The van der Waals surface area contributed by atoms with Crippen molar-refractivity contribution >= 4 is 0 Å². The highest BCUT2D eigenvalue weighted by molar-refractivity contribution is 5.58. The molecule has 0 unspecified atom stereocenters. The van der Waals surface area contributed by atoms with Gasteiger partial charge in [-0.1, -0.05) is 0 Å². The number of nitrogens with zero attached hydrogens (tertiary/aromatic N) is 2. The van der Waals surface area contributed by atoms with Gasteiger partial charge in [0.15, 0.2) is 0 Å². The van der Waals surface area contributed by atoms with Crippen molar-refractivity contribution in [3.05, 3.63) is 48.2 Å². The maximum atomic E-state index is 12.8. The van der Waals surface area contributed by atoms with Crippen molar-refractivity contribution in [1.29, 1.82) is 0 Å². The molecule has 0 atom stereocenters. The van der Waals surface area contributed by atoms with Crippen LogP contribution in [0.2, 0.25) is 0 Å². The SMILES string of the molecule is Fc1cc(F)cc(-c2cccnn2)c1. The first-order valence-corrected chi connectivity index (χ1v) is 4.00. The molecule has 2 nitrogen and oxygen atoms in total. The molecule has 0 saturated heterocycles. The normalized spacial score (nSPS) is 10.1. The van der Waals surface area contributed by atoms with E-state index in [4.69, 9.17) is 0 Å². The van der Waals surface area contributed by atoms with Crippen LogP contribution in [0.15, 0.2) is 36.5 Å². The van der Waals surface area contributed by atoms with Crippen LogP contribution in [0, 0.1) is 11.6 Å². The Hall–Kier alpha value is -1.84. The Bertz CT molecular complexity index is 423. The molecule has 2 aromatic rings. The third-order valence-electron chi connectivity index (χ3n) is 1.73. The standard InChI is InChI=1S/C10H6F2N2/c11-8-4-7(5-9(12)6-8)10-2-1-3-13-14-10/h1-6H. The van der Waals surface area contributed by atoms with E-state index in [0.717, 1.165) is 6.07 Å². The van der Waals surface area contributed by atoms with Gasteiger partial charge < -0.3 is 0 Å². The summed E-state index contributed by atoms with van der Waals surface area (Å²) >= 11 is 0. The average molecular weight is 192 g/mol. The molecular formula is C10H6F2N2. The summed E-state index contributed by atoms with van der Waals surface area (Å²) in [5.41, 5.74) is 0.835. The second-order valence-electron chi connectivity index (χ2n) is 2.77. The van der Waals surface area contributed by atoms with Crippen LogP contribution in [-0.2, 0) is 0 Å². The van der Waals surface area contributed by atoms with Crippen molar-refractivity contribution < 1.29 is 8.78 Å². The molecule has 0 amide bonds. The molecule has 0 aliphatic carbocycles. The summed E-state index contributed by atoms with van der Waals surface area (Å²) in [6, 6.07) is 6.55. The zero-order valence-electron chi connectivity index (χ0n) is 7.11. The van der Waals surface area contributed by atoms with E-state index in [1.165, 1.54) is 18.3 Å². The lowest BCUT2D eigenvalue weighted by Gasteiger charge is -1.99. The first-order valence-electron chi connectivity index (χ1n) is 4.00. The van der Waals surface area contributed by atoms with Gasteiger partial charge in [-0.3, -0.25) is 0 Å². The molecule has 0 radical (unpaired) electrons.